The van der Waals surface area contributed by atoms with Crippen molar-refractivity contribution in [1.29, 1.82) is 0 Å². The van der Waals surface area contributed by atoms with Gasteiger partial charge in [-0.1, -0.05) is 30.3 Å². The Balaban J connectivity index is 1.45. The minimum absolute atomic E-state index is 0.564. The van der Waals surface area contributed by atoms with Crippen molar-refractivity contribution in [2.24, 2.45) is 0 Å². The summed E-state index contributed by atoms with van der Waals surface area (Å²) >= 11 is 0. The normalized spacial score (nSPS) is 19.3. The van der Waals surface area contributed by atoms with Crippen molar-refractivity contribution in [2.45, 2.75) is 25.6 Å². The third kappa shape index (κ3) is 3.62. The number of hydrogen-bond acceptors (Lipinski definition) is 4. The Hall–Kier alpha value is -1.78. The van der Waals surface area contributed by atoms with E-state index in [2.05, 4.69) is 50.5 Å². The number of benzene rings is 1. The molecule has 1 aliphatic heterocycles. The second kappa shape index (κ2) is 6.59. The summed E-state index contributed by atoms with van der Waals surface area (Å²) < 4.78 is 0. The van der Waals surface area contributed by atoms with Gasteiger partial charge in [-0.3, -0.25) is 4.90 Å². The molecule has 1 unspecified atom stereocenters. The number of nitrogens with one attached hydrogen (secondary N) is 1. The number of likely N-dealkylation sites (tertiary alicyclic amines) is 1. The summed E-state index contributed by atoms with van der Waals surface area (Å²) in [4.78, 5) is 10.7. The molecule has 1 aliphatic rings. The molecule has 20 heavy (non-hydrogen) atoms. The molecule has 1 atom stereocenters. The summed E-state index contributed by atoms with van der Waals surface area (Å²) in [6, 6.07) is 13.2. The van der Waals surface area contributed by atoms with Gasteiger partial charge in [-0.05, 0) is 18.1 Å². The second-order valence-corrected chi connectivity index (χ2v) is 5.29. The summed E-state index contributed by atoms with van der Waals surface area (Å²) in [5.74, 6) is 0. The highest BCUT2D eigenvalue weighted by Crippen LogP contribution is 2.13. The fourth-order valence-corrected chi connectivity index (χ4v) is 2.66. The van der Waals surface area contributed by atoms with Gasteiger partial charge in [0.25, 0.3) is 0 Å². The molecule has 2 heterocycles. The minimum atomic E-state index is 0.564. The average molecular weight is 268 g/mol. The first-order valence-corrected chi connectivity index (χ1v) is 7.15. The van der Waals surface area contributed by atoms with Crippen LogP contribution in [-0.4, -0.2) is 34.0 Å². The van der Waals surface area contributed by atoms with Crippen molar-refractivity contribution < 1.29 is 0 Å². The van der Waals surface area contributed by atoms with Crippen molar-refractivity contribution in [1.82, 2.24) is 20.2 Å². The Bertz CT molecular complexity index is 515. The molecular formula is C16H20N4. The average Bonchev–Trinajstić information content (AvgIpc) is 2.95. The van der Waals surface area contributed by atoms with E-state index >= 15 is 0 Å². The fourth-order valence-electron chi connectivity index (χ4n) is 2.66. The predicted molar refractivity (Wildman–Crippen MR) is 79.0 cm³/mol. The zero-order chi connectivity index (χ0) is 13.6. The van der Waals surface area contributed by atoms with Crippen LogP contribution in [0.25, 0.3) is 0 Å². The first-order chi connectivity index (χ1) is 9.90. The topological polar surface area (TPSA) is 41.0 Å². The fraction of sp³-hybridized carbons (Fsp3) is 0.375. The molecule has 0 spiro atoms. The molecule has 1 saturated heterocycles. The van der Waals surface area contributed by atoms with Crippen molar-refractivity contribution in [3.05, 3.63) is 60.2 Å². The first-order valence-electron chi connectivity index (χ1n) is 7.15. The van der Waals surface area contributed by atoms with Crippen LogP contribution in [0.2, 0.25) is 0 Å². The van der Waals surface area contributed by atoms with Crippen molar-refractivity contribution in [3.8, 4) is 0 Å². The number of aromatic nitrogens is 2. The van der Waals surface area contributed by atoms with Crippen LogP contribution in [-0.2, 0) is 13.1 Å². The third-order valence-electron chi connectivity index (χ3n) is 3.74. The number of hydrogen-bond donors (Lipinski definition) is 1. The molecule has 2 aromatic rings. The van der Waals surface area contributed by atoms with E-state index in [1.54, 1.807) is 12.5 Å². The molecule has 0 aliphatic carbocycles. The molecule has 0 amide bonds. The van der Waals surface area contributed by atoms with Crippen molar-refractivity contribution in [3.63, 3.8) is 0 Å². The van der Waals surface area contributed by atoms with E-state index in [9.17, 15) is 0 Å². The Morgan fingerprint density at radius 2 is 2.10 bits per heavy atom. The van der Waals surface area contributed by atoms with Crippen LogP contribution in [0.5, 0.6) is 0 Å². The van der Waals surface area contributed by atoms with E-state index in [1.165, 1.54) is 12.0 Å². The monoisotopic (exact) mass is 268 g/mol. The van der Waals surface area contributed by atoms with Gasteiger partial charge in [-0.25, -0.2) is 9.97 Å². The van der Waals surface area contributed by atoms with Gasteiger partial charge in [-0.2, -0.15) is 0 Å². The summed E-state index contributed by atoms with van der Waals surface area (Å²) in [5.41, 5.74) is 2.45. The van der Waals surface area contributed by atoms with E-state index < -0.39 is 0 Å². The zero-order valence-electron chi connectivity index (χ0n) is 11.6. The van der Waals surface area contributed by atoms with Crippen LogP contribution < -0.4 is 5.32 Å². The van der Waals surface area contributed by atoms with Gasteiger partial charge >= 0.3 is 0 Å². The lowest BCUT2D eigenvalue weighted by atomic mass is 10.2. The van der Waals surface area contributed by atoms with Crippen LogP contribution in [0.15, 0.2) is 48.9 Å². The molecule has 0 bridgehead atoms. The minimum Gasteiger partial charge on any atom is -0.307 e. The molecule has 4 heteroatoms. The Labute approximate surface area is 119 Å². The van der Waals surface area contributed by atoms with Gasteiger partial charge in [0.1, 0.15) is 6.33 Å². The summed E-state index contributed by atoms with van der Waals surface area (Å²) in [7, 11) is 0. The van der Waals surface area contributed by atoms with Gasteiger partial charge in [0.15, 0.2) is 0 Å². The number of nitrogens with zero attached hydrogens (tertiary/aromatic N) is 3. The van der Waals surface area contributed by atoms with E-state index in [0.717, 1.165) is 31.9 Å². The maximum absolute atomic E-state index is 4.24. The summed E-state index contributed by atoms with van der Waals surface area (Å²) in [6.07, 6.45) is 4.60. The van der Waals surface area contributed by atoms with Crippen LogP contribution in [0.1, 0.15) is 17.7 Å². The zero-order valence-corrected chi connectivity index (χ0v) is 11.6. The standard InChI is InChI=1S/C16H20N4/c1-2-4-14(5-3-1)11-20-9-7-16(12-20)18-10-15-6-8-17-13-19-15/h1-6,8,13,16,18H,7,9-12H2. The second-order valence-electron chi connectivity index (χ2n) is 5.29. The van der Waals surface area contributed by atoms with Gasteiger partial charge < -0.3 is 5.32 Å². The van der Waals surface area contributed by atoms with Crippen LogP contribution >= 0.6 is 0 Å². The Kier molecular flexibility index (Phi) is 4.35. The molecular weight excluding hydrogens is 248 g/mol. The van der Waals surface area contributed by atoms with Gasteiger partial charge in [0.05, 0.1) is 5.69 Å². The quantitative estimate of drug-likeness (QED) is 0.898. The lowest BCUT2D eigenvalue weighted by molar-refractivity contribution is 0.319. The largest absolute Gasteiger partial charge is 0.307 e. The molecule has 1 N–H and O–H groups in total. The van der Waals surface area contributed by atoms with Crippen LogP contribution in [0.3, 0.4) is 0 Å². The highest BCUT2D eigenvalue weighted by Gasteiger charge is 2.21. The molecule has 4 nitrogen and oxygen atoms in total. The van der Waals surface area contributed by atoms with Crippen LogP contribution in [0, 0.1) is 0 Å². The van der Waals surface area contributed by atoms with Crippen molar-refractivity contribution in [2.75, 3.05) is 13.1 Å². The molecule has 0 radical (unpaired) electrons. The van der Waals surface area contributed by atoms with E-state index in [0.29, 0.717) is 6.04 Å². The van der Waals surface area contributed by atoms with Gasteiger partial charge in [-0.15, -0.1) is 0 Å². The lowest BCUT2D eigenvalue weighted by Crippen LogP contribution is -2.32. The predicted octanol–water partition coefficient (Wildman–Crippen LogP) is 1.84. The van der Waals surface area contributed by atoms with E-state index in [1.807, 2.05) is 6.07 Å². The SMILES string of the molecule is c1ccc(CN2CCC(NCc3ccncn3)C2)cc1. The molecule has 1 aromatic carbocycles. The maximum atomic E-state index is 4.24. The Morgan fingerprint density at radius 1 is 1.20 bits per heavy atom. The molecule has 0 saturated carbocycles. The van der Waals surface area contributed by atoms with E-state index in [4.69, 9.17) is 0 Å². The molecule has 3 rings (SSSR count). The summed E-state index contributed by atoms with van der Waals surface area (Å²) in [5, 5.41) is 3.58. The van der Waals surface area contributed by atoms with Crippen LogP contribution in [0.4, 0.5) is 0 Å². The number of rotatable bonds is 5. The van der Waals surface area contributed by atoms with Crippen molar-refractivity contribution >= 4 is 0 Å². The maximum Gasteiger partial charge on any atom is 0.115 e. The third-order valence-corrected chi connectivity index (χ3v) is 3.74. The van der Waals surface area contributed by atoms with Gasteiger partial charge in [0.2, 0.25) is 0 Å². The highest BCUT2D eigenvalue weighted by molar-refractivity contribution is 5.14. The molecule has 104 valence electrons. The molecule has 1 aromatic heterocycles. The van der Waals surface area contributed by atoms with Gasteiger partial charge in [0, 0.05) is 38.4 Å². The first kappa shape index (κ1) is 13.2. The smallest absolute Gasteiger partial charge is 0.115 e. The Morgan fingerprint density at radius 3 is 2.90 bits per heavy atom. The lowest BCUT2D eigenvalue weighted by Gasteiger charge is -2.16. The molecule has 1 fully saturated rings. The van der Waals surface area contributed by atoms with E-state index in [-0.39, 0.29) is 0 Å². The highest BCUT2D eigenvalue weighted by atomic mass is 15.2. The summed E-state index contributed by atoms with van der Waals surface area (Å²) in [6.45, 7) is 4.15.